The zero-order valence-electron chi connectivity index (χ0n) is 13.2. The van der Waals surface area contributed by atoms with E-state index in [0.717, 1.165) is 12.2 Å². The largest absolute Gasteiger partial charge is 0.363 e. The predicted molar refractivity (Wildman–Crippen MR) is 85.3 cm³/mol. The van der Waals surface area contributed by atoms with E-state index in [0.29, 0.717) is 18.0 Å². The lowest BCUT2D eigenvalue weighted by Gasteiger charge is -2.43. The second kappa shape index (κ2) is 6.43. The topological polar surface area (TPSA) is 71.2 Å². The highest BCUT2D eigenvalue weighted by molar-refractivity contribution is 5.93. The van der Waals surface area contributed by atoms with Gasteiger partial charge in [-0.2, -0.15) is 0 Å². The monoisotopic (exact) mass is 290 g/mol. The Morgan fingerprint density at radius 2 is 2.24 bits per heavy atom. The molecule has 3 N–H and O–H groups in total. The van der Waals surface area contributed by atoms with E-state index < -0.39 is 0 Å². The number of nitrogens with one attached hydrogen (secondary N) is 1. The Balaban J connectivity index is 2.13. The fourth-order valence-electron chi connectivity index (χ4n) is 3.06. The molecular weight excluding hydrogens is 264 g/mol. The molecule has 2 rings (SSSR count). The molecule has 0 aromatic carbocycles. The molecule has 0 spiro atoms. The number of aromatic nitrogens is 1. The molecule has 1 aliphatic rings. The Morgan fingerprint density at radius 3 is 2.76 bits per heavy atom. The SMILES string of the molecule is CC1CCCCC1(CN)Nc1ccc(C(=O)N(C)C)cn1. The molecule has 1 heterocycles. The maximum atomic E-state index is 11.9. The summed E-state index contributed by atoms with van der Waals surface area (Å²) in [6.45, 7) is 2.86. The van der Waals surface area contributed by atoms with Gasteiger partial charge in [0.2, 0.25) is 0 Å². The van der Waals surface area contributed by atoms with Gasteiger partial charge in [-0.3, -0.25) is 4.79 Å². The first-order valence-electron chi connectivity index (χ1n) is 7.64. The van der Waals surface area contributed by atoms with Gasteiger partial charge in [0.25, 0.3) is 5.91 Å². The van der Waals surface area contributed by atoms with E-state index in [1.165, 1.54) is 19.3 Å². The van der Waals surface area contributed by atoms with Gasteiger partial charge < -0.3 is 16.0 Å². The van der Waals surface area contributed by atoms with Crippen LogP contribution in [-0.4, -0.2) is 42.0 Å². The number of nitrogens with two attached hydrogens (primary N) is 1. The number of pyridine rings is 1. The second-order valence-electron chi connectivity index (χ2n) is 6.26. The first-order chi connectivity index (χ1) is 9.98. The third-order valence-corrected chi connectivity index (χ3v) is 4.61. The number of amides is 1. The van der Waals surface area contributed by atoms with Crippen LogP contribution in [0.5, 0.6) is 0 Å². The molecule has 5 heteroatoms. The maximum absolute atomic E-state index is 11.9. The normalized spacial score (nSPS) is 25.4. The maximum Gasteiger partial charge on any atom is 0.254 e. The van der Waals surface area contributed by atoms with Crippen molar-refractivity contribution in [3.8, 4) is 0 Å². The van der Waals surface area contributed by atoms with E-state index in [2.05, 4.69) is 17.2 Å². The zero-order chi connectivity index (χ0) is 15.5. The highest BCUT2D eigenvalue weighted by atomic mass is 16.2. The summed E-state index contributed by atoms with van der Waals surface area (Å²) >= 11 is 0. The number of nitrogens with zero attached hydrogens (tertiary/aromatic N) is 2. The van der Waals surface area contributed by atoms with Gasteiger partial charge >= 0.3 is 0 Å². The van der Waals surface area contributed by atoms with Gasteiger partial charge in [-0.15, -0.1) is 0 Å². The molecule has 116 valence electrons. The van der Waals surface area contributed by atoms with Gasteiger partial charge in [0.15, 0.2) is 0 Å². The van der Waals surface area contributed by atoms with Crippen molar-refractivity contribution in [3.05, 3.63) is 23.9 Å². The molecule has 1 aliphatic carbocycles. The third kappa shape index (κ3) is 3.35. The molecule has 1 fully saturated rings. The fraction of sp³-hybridized carbons (Fsp3) is 0.625. The van der Waals surface area contributed by atoms with Crippen molar-refractivity contribution in [3.63, 3.8) is 0 Å². The summed E-state index contributed by atoms with van der Waals surface area (Å²) in [5.74, 6) is 1.29. The summed E-state index contributed by atoms with van der Waals surface area (Å²) < 4.78 is 0. The molecule has 1 aromatic rings. The van der Waals surface area contributed by atoms with E-state index in [1.807, 2.05) is 12.1 Å². The Labute approximate surface area is 126 Å². The van der Waals surface area contributed by atoms with Crippen LogP contribution in [0.3, 0.4) is 0 Å². The predicted octanol–water partition coefficient (Wildman–Crippen LogP) is 2.10. The van der Waals surface area contributed by atoms with Crippen LogP contribution in [0.1, 0.15) is 43.0 Å². The molecule has 1 saturated carbocycles. The highest BCUT2D eigenvalue weighted by Crippen LogP contribution is 2.35. The van der Waals surface area contributed by atoms with Crippen molar-refractivity contribution in [1.29, 1.82) is 0 Å². The molecule has 5 nitrogen and oxygen atoms in total. The Hall–Kier alpha value is -1.62. The number of hydrogen-bond acceptors (Lipinski definition) is 4. The molecular formula is C16H26N4O. The van der Waals surface area contributed by atoms with Crippen molar-refractivity contribution in [2.24, 2.45) is 11.7 Å². The van der Waals surface area contributed by atoms with Crippen molar-refractivity contribution in [2.75, 3.05) is 26.0 Å². The van der Waals surface area contributed by atoms with Crippen LogP contribution in [0, 0.1) is 5.92 Å². The smallest absolute Gasteiger partial charge is 0.254 e. The van der Waals surface area contributed by atoms with Gasteiger partial charge in [-0.25, -0.2) is 4.98 Å². The van der Waals surface area contributed by atoms with Crippen molar-refractivity contribution >= 4 is 11.7 Å². The summed E-state index contributed by atoms with van der Waals surface area (Å²) in [5.41, 5.74) is 6.57. The Bertz CT molecular complexity index is 486. The first-order valence-corrected chi connectivity index (χ1v) is 7.64. The number of carbonyl (C=O) groups excluding carboxylic acids is 1. The Morgan fingerprint density at radius 1 is 1.48 bits per heavy atom. The molecule has 21 heavy (non-hydrogen) atoms. The lowest BCUT2D eigenvalue weighted by atomic mass is 9.73. The second-order valence-corrected chi connectivity index (χ2v) is 6.26. The summed E-state index contributed by atoms with van der Waals surface area (Å²) in [7, 11) is 3.48. The molecule has 2 unspecified atom stereocenters. The van der Waals surface area contributed by atoms with E-state index in [9.17, 15) is 4.79 Å². The number of anilines is 1. The van der Waals surface area contributed by atoms with Crippen LogP contribution in [0.25, 0.3) is 0 Å². The van der Waals surface area contributed by atoms with E-state index in [4.69, 9.17) is 5.73 Å². The van der Waals surface area contributed by atoms with Crippen LogP contribution in [-0.2, 0) is 0 Å². The molecule has 1 amide bonds. The summed E-state index contributed by atoms with van der Waals surface area (Å²) in [4.78, 5) is 17.8. The highest BCUT2D eigenvalue weighted by Gasteiger charge is 2.37. The van der Waals surface area contributed by atoms with Crippen LogP contribution in [0.15, 0.2) is 18.3 Å². The quantitative estimate of drug-likeness (QED) is 0.891. The van der Waals surface area contributed by atoms with Gasteiger partial charge in [0, 0.05) is 26.8 Å². The molecule has 2 atom stereocenters. The average Bonchev–Trinajstić information content (AvgIpc) is 2.49. The van der Waals surface area contributed by atoms with Gasteiger partial charge in [0.1, 0.15) is 5.82 Å². The average molecular weight is 290 g/mol. The lowest BCUT2D eigenvalue weighted by molar-refractivity contribution is 0.0827. The molecule has 0 radical (unpaired) electrons. The lowest BCUT2D eigenvalue weighted by Crippen LogP contribution is -2.52. The first kappa shape index (κ1) is 15.8. The number of hydrogen-bond donors (Lipinski definition) is 2. The Kier molecular flexibility index (Phi) is 4.83. The summed E-state index contributed by atoms with van der Waals surface area (Å²) in [6, 6.07) is 3.69. The van der Waals surface area contributed by atoms with E-state index in [-0.39, 0.29) is 11.4 Å². The molecule has 1 aromatic heterocycles. The summed E-state index contributed by atoms with van der Waals surface area (Å²) in [6.07, 6.45) is 6.37. The van der Waals surface area contributed by atoms with Gasteiger partial charge in [-0.1, -0.05) is 19.8 Å². The standard InChI is InChI=1S/C16H26N4O/c1-12-6-4-5-9-16(12,11-17)19-14-8-7-13(10-18-14)15(21)20(2)3/h7-8,10,12H,4-6,9,11,17H2,1-3H3,(H,18,19). The van der Waals surface area contributed by atoms with Crippen molar-refractivity contribution in [1.82, 2.24) is 9.88 Å². The van der Waals surface area contributed by atoms with Gasteiger partial charge in [0.05, 0.1) is 11.1 Å². The molecule has 0 bridgehead atoms. The minimum absolute atomic E-state index is 0.0337. The van der Waals surface area contributed by atoms with Crippen molar-refractivity contribution in [2.45, 2.75) is 38.1 Å². The molecule has 0 saturated heterocycles. The van der Waals surface area contributed by atoms with E-state index >= 15 is 0 Å². The van der Waals surface area contributed by atoms with Gasteiger partial charge in [-0.05, 0) is 30.9 Å². The van der Waals surface area contributed by atoms with Crippen LogP contribution in [0.2, 0.25) is 0 Å². The third-order valence-electron chi connectivity index (χ3n) is 4.61. The van der Waals surface area contributed by atoms with Crippen LogP contribution >= 0.6 is 0 Å². The molecule has 0 aliphatic heterocycles. The zero-order valence-corrected chi connectivity index (χ0v) is 13.2. The number of carbonyl (C=O) groups is 1. The van der Waals surface area contributed by atoms with Crippen LogP contribution in [0.4, 0.5) is 5.82 Å². The minimum Gasteiger partial charge on any atom is -0.363 e. The fourth-order valence-corrected chi connectivity index (χ4v) is 3.06. The van der Waals surface area contributed by atoms with Crippen LogP contribution < -0.4 is 11.1 Å². The number of rotatable bonds is 4. The minimum atomic E-state index is -0.0711. The summed E-state index contributed by atoms with van der Waals surface area (Å²) in [5, 5.41) is 3.53. The van der Waals surface area contributed by atoms with Crippen molar-refractivity contribution < 1.29 is 4.79 Å². The van der Waals surface area contributed by atoms with E-state index in [1.54, 1.807) is 25.2 Å².